The molecule has 0 saturated heterocycles. The topological polar surface area (TPSA) is 123 Å². The summed E-state index contributed by atoms with van der Waals surface area (Å²) in [6.07, 6.45) is 20.5. The predicted octanol–water partition coefficient (Wildman–Crippen LogP) is 5.71. The van der Waals surface area contributed by atoms with Gasteiger partial charge in [0, 0.05) is 23.9 Å². The maximum atomic E-state index is 10.8. The van der Waals surface area contributed by atoms with Crippen LogP contribution in [0.4, 0.5) is 5.82 Å². The minimum absolute atomic E-state index is 0. The van der Waals surface area contributed by atoms with E-state index in [1.165, 1.54) is 95.6 Å². The summed E-state index contributed by atoms with van der Waals surface area (Å²) in [5.74, 6) is 7.22. The fourth-order valence-corrected chi connectivity index (χ4v) is 5.17. The summed E-state index contributed by atoms with van der Waals surface area (Å²) in [5.41, 5.74) is 10.1. The van der Waals surface area contributed by atoms with Crippen LogP contribution in [0, 0.1) is 17.2 Å². The van der Waals surface area contributed by atoms with E-state index in [4.69, 9.17) is 21.9 Å². The first kappa shape index (κ1) is 28.6. The highest BCUT2D eigenvalue weighted by Gasteiger charge is 2.25. The Bertz CT molecular complexity index is 756. The van der Waals surface area contributed by atoms with Crippen molar-refractivity contribution in [1.29, 1.82) is 5.26 Å². The van der Waals surface area contributed by atoms with Crippen LogP contribution in [0.1, 0.15) is 127 Å². The third-order valence-electron chi connectivity index (χ3n) is 7.88. The van der Waals surface area contributed by atoms with Crippen molar-refractivity contribution in [3.8, 4) is 6.07 Å². The molecule has 7 nitrogen and oxygen atoms in total. The first-order chi connectivity index (χ1) is 16.1. The zero-order valence-electron chi connectivity index (χ0n) is 20.7. The molecule has 0 bridgehead atoms. The number of nitriles is 1. The molecule has 1 aromatic heterocycles. The van der Waals surface area contributed by atoms with E-state index in [-0.39, 0.29) is 30.5 Å². The quantitative estimate of drug-likeness (QED) is 0.357. The van der Waals surface area contributed by atoms with Crippen LogP contribution in [0.2, 0.25) is 0 Å². The molecule has 0 unspecified atom stereocenters. The van der Waals surface area contributed by atoms with Gasteiger partial charge in [-0.2, -0.15) is 10.4 Å². The molecule has 0 aromatic carbocycles. The Labute approximate surface area is 211 Å². The lowest BCUT2D eigenvalue weighted by Crippen LogP contribution is -2.36. The van der Waals surface area contributed by atoms with Gasteiger partial charge in [0.25, 0.3) is 0 Å². The van der Waals surface area contributed by atoms with E-state index < -0.39 is 0 Å². The zero-order chi connectivity index (χ0) is 23.5. The number of rotatable bonds is 5. The summed E-state index contributed by atoms with van der Waals surface area (Å²) in [5, 5.41) is 12.9. The van der Waals surface area contributed by atoms with E-state index in [9.17, 15) is 4.79 Å². The molecule has 34 heavy (non-hydrogen) atoms. The van der Waals surface area contributed by atoms with Crippen molar-refractivity contribution in [3.05, 3.63) is 11.8 Å². The van der Waals surface area contributed by atoms with Crippen molar-refractivity contribution in [1.82, 2.24) is 15.2 Å². The molecule has 0 atom stereocenters. The van der Waals surface area contributed by atoms with E-state index in [2.05, 4.69) is 16.2 Å². The largest absolute Gasteiger partial charge is 0.384 e. The molecule has 0 radical (unpaired) electrons. The second-order valence-electron chi connectivity index (χ2n) is 10.3. The second-order valence-corrected chi connectivity index (χ2v) is 10.3. The summed E-state index contributed by atoms with van der Waals surface area (Å²) in [7, 11) is 0. The maximum absolute atomic E-state index is 10.8. The second kappa shape index (κ2) is 15.4. The van der Waals surface area contributed by atoms with Crippen LogP contribution in [0.15, 0.2) is 6.07 Å². The Balaban J connectivity index is 0.000000195. The number of hydrogen-bond acceptors (Lipinski definition) is 6. The fourth-order valence-electron chi connectivity index (χ4n) is 5.17. The molecule has 0 amide bonds. The SMILES string of the molecule is Cl.N#CCC(=O)C1CCC1.NNC1CCCCC1.Nc1cc(C2CCC2)nn1C1CCCCC1. The molecule has 4 saturated carbocycles. The Morgan fingerprint density at radius 1 is 0.971 bits per heavy atom. The third-order valence-corrected chi connectivity index (χ3v) is 7.88. The van der Waals surface area contributed by atoms with Gasteiger partial charge < -0.3 is 5.73 Å². The Hall–Kier alpha value is -1.62. The van der Waals surface area contributed by atoms with Gasteiger partial charge in [-0.3, -0.25) is 16.1 Å². The van der Waals surface area contributed by atoms with E-state index in [1.54, 1.807) is 0 Å². The molecule has 8 heteroatoms. The molecular weight excluding hydrogens is 448 g/mol. The lowest BCUT2D eigenvalue weighted by molar-refractivity contribution is -0.124. The smallest absolute Gasteiger partial charge is 0.149 e. The lowest BCUT2D eigenvalue weighted by Gasteiger charge is -2.24. The molecular formula is C26H45ClN6O. The van der Waals surface area contributed by atoms with Crippen molar-refractivity contribution in [2.24, 2.45) is 11.8 Å². The van der Waals surface area contributed by atoms with Gasteiger partial charge in [0.15, 0.2) is 0 Å². The number of aromatic nitrogens is 2. The van der Waals surface area contributed by atoms with Gasteiger partial charge in [-0.1, -0.05) is 51.4 Å². The van der Waals surface area contributed by atoms with E-state index in [1.807, 2.05) is 6.07 Å². The van der Waals surface area contributed by atoms with Gasteiger partial charge in [-0.25, -0.2) is 4.68 Å². The van der Waals surface area contributed by atoms with Gasteiger partial charge in [0.05, 0.1) is 24.2 Å². The van der Waals surface area contributed by atoms with E-state index in [0.29, 0.717) is 18.0 Å². The summed E-state index contributed by atoms with van der Waals surface area (Å²) < 4.78 is 2.10. The minimum Gasteiger partial charge on any atom is -0.384 e. The van der Waals surface area contributed by atoms with Gasteiger partial charge in [0.2, 0.25) is 0 Å². The van der Waals surface area contributed by atoms with Crippen LogP contribution in [-0.4, -0.2) is 21.6 Å². The number of nitrogens with zero attached hydrogens (tertiary/aromatic N) is 3. The number of halogens is 1. The van der Waals surface area contributed by atoms with E-state index >= 15 is 0 Å². The molecule has 4 aliphatic carbocycles. The number of Topliss-reactive ketones (excluding diaryl/α,β-unsaturated/α-hetero) is 1. The number of nitrogen functional groups attached to an aromatic ring is 1. The Morgan fingerprint density at radius 2 is 1.56 bits per heavy atom. The van der Waals surface area contributed by atoms with Crippen LogP contribution in [0.25, 0.3) is 0 Å². The number of nitrogens with two attached hydrogens (primary N) is 2. The summed E-state index contributed by atoms with van der Waals surface area (Å²) >= 11 is 0. The molecule has 5 rings (SSSR count). The summed E-state index contributed by atoms with van der Waals surface area (Å²) in [6.45, 7) is 0. The standard InChI is InChI=1S/C13H21N3.C7H9NO.C6H14N2.ClH/c14-13-9-12(10-5-4-6-10)15-16(13)11-7-2-1-3-8-11;8-5-4-7(9)6-2-1-3-6;7-8-6-4-2-1-3-5-6;/h9-11H,1-8,14H2;6H,1-4H2;6,8H,1-5,7H2;1H. The number of ketones is 1. The van der Waals surface area contributed by atoms with Crippen molar-refractivity contribution in [2.75, 3.05) is 5.73 Å². The number of hydrazine groups is 1. The number of carbonyl (C=O) groups excluding carboxylic acids is 1. The maximum Gasteiger partial charge on any atom is 0.149 e. The van der Waals surface area contributed by atoms with Gasteiger partial charge >= 0.3 is 0 Å². The van der Waals surface area contributed by atoms with Crippen molar-refractivity contribution < 1.29 is 4.79 Å². The van der Waals surface area contributed by atoms with Gasteiger partial charge in [-0.15, -0.1) is 12.4 Å². The van der Waals surface area contributed by atoms with Crippen LogP contribution in [0.5, 0.6) is 0 Å². The highest BCUT2D eigenvalue weighted by molar-refractivity contribution is 5.85. The van der Waals surface area contributed by atoms with E-state index in [0.717, 1.165) is 18.7 Å². The fraction of sp³-hybridized carbons (Fsp3) is 0.808. The number of anilines is 1. The molecule has 192 valence electrons. The molecule has 1 heterocycles. The Morgan fingerprint density at radius 3 is 2.00 bits per heavy atom. The van der Waals surface area contributed by atoms with Crippen LogP contribution in [-0.2, 0) is 4.79 Å². The van der Waals surface area contributed by atoms with Crippen molar-refractivity contribution in [2.45, 2.75) is 127 Å². The van der Waals surface area contributed by atoms with Crippen molar-refractivity contribution >= 4 is 24.0 Å². The minimum atomic E-state index is 0. The predicted molar refractivity (Wildman–Crippen MR) is 139 cm³/mol. The summed E-state index contributed by atoms with van der Waals surface area (Å²) in [6, 6.07) is 5.16. The first-order valence-electron chi connectivity index (χ1n) is 13.3. The third kappa shape index (κ3) is 8.55. The first-order valence-corrected chi connectivity index (χ1v) is 13.3. The average Bonchev–Trinajstić information content (AvgIpc) is 3.14. The molecule has 1 aromatic rings. The zero-order valence-corrected chi connectivity index (χ0v) is 21.5. The lowest BCUT2D eigenvalue weighted by atomic mass is 9.81. The van der Waals surface area contributed by atoms with Crippen LogP contribution >= 0.6 is 12.4 Å². The monoisotopic (exact) mass is 492 g/mol. The van der Waals surface area contributed by atoms with Crippen molar-refractivity contribution in [3.63, 3.8) is 0 Å². The van der Waals surface area contributed by atoms with Crippen LogP contribution in [0.3, 0.4) is 0 Å². The van der Waals surface area contributed by atoms with Crippen LogP contribution < -0.4 is 17.0 Å². The normalized spacial score (nSPS) is 21.3. The highest BCUT2D eigenvalue weighted by atomic mass is 35.5. The van der Waals surface area contributed by atoms with Gasteiger partial charge in [0.1, 0.15) is 11.6 Å². The molecule has 4 aliphatic rings. The molecule has 5 N–H and O–H groups in total. The highest BCUT2D eigenvalue weighted by Crippen LogP contribution is 2.38. The molecule has 4 fully saturated rings. The molecule has 0 aliphatic heterocycles. The summed E-state index contributed by atoms with van der Waals surface area (Å²) in [4.78, 5) is 10.8. The Kier molecular flexibility index (Phi) is 13.0. The van der Waals surface area contributed by atoms with Gasteiger partial charge in [-0.05, 0) is 51.4 Å². The molecule has 0 spiro atoms. The number of nitrogens with one attached hydrogen (secondary N) is 1. The average molecular weight is 493 g/mol. The number of hydrogen-bond donors (Lipinski definition) is 3. The number of carbonyl (C=O) groups is 1.